The quantitative estimate of drug-likeness (QED) is 0.538. The zero-order valence-electron chi connectivity index (χ0n) is 15.4. The minimum Gasteiger partial charge on any atom is -0.326 e. The van der Waals surface area contributed by atoms with Crippen LogP contribution >= 0.6 is 23.2 Å². The number of carbonyl (C=O) groups excluding carboxylic acids is 1. The molecule has 0 aromatic heterocycles. The first kappa shape index (κ1) is 21.2. The van der Waals surface area contributed by atoms with Crippen molar-refractivity contribution >= 4 is 50.5 Å². The van der Waals surface area contributed by atoms with Crippen molar-refractivity contribution in [3.8, 4) is 0 Å². The first-order chi connectivity index (χ1) is 13.7. The first-order valence-electron chi connectivity index (χ1n) is 8.66. The van der Waals surface area contributed by atoms with Crippen molar-refractivity contribution in [1.29, 1.82) is 0 Å². The molecular formula is C21H18Cl2N2O3S. The average Bonchev–Trinajstić information content (AvgIpc) is 2.63. The fourth-order valence-electron chi connectivity index (χ4n) is 2.64. The van der Waals surface area contributed by atoms with E-state index >= 15 is 0 Å². The highest BCUT2D eigenvalue weighted by molar-refractivity contribution is 7.92. The third-order valence-electron chi connectivity index (χ3n) is 4.05. The molecule has 3 aromatic carbocycles. The number of benzene rings is 3. The van der Waals surface area contributed by atoms with Crippen LogP contribution in [0.25, 0.3) is 0 Å². The third kappa shape index (κ3) is 5.97. The summed E-state index contributed by atoms with van der Waals surface area (Å²) < 4.78 is 27.5. The van der Waals surface area contributed by atoms with Gasteiger partial charge in [0, 0.05) is 15.7 Å². The highest BCUT2D eigenvalue weighted by atomic mass is 35.5. The monoisotopic (exact) mass is 448 g/mol. The molecule has 29 heavy (non-hydrogen) atoms. The van der Waals surface area contributed by atoms with Crippen LogP contribution < -0.4 is 10.0 Å². The lowest BCUT2D eigenvalue weighted by atomic mass is 10.1. The topological polar surface area (TPSA) is 75.3 Å². The van der Waals surface area contributed by atoms with Gasteiger partial charge in [0.05, 0.1) is 17.0 Å². The Morgan fingerprint density at radius 2 is 1.45 bits per heavy atom. The Kier molecular flexibility index (Phi) is 6.47. The summed E-state index contributed by atoms with van der Waals surface area (Å²) in [7, 11) is -3.82. The van der Waals surface area contributed by atoms with Gasteiger partial charge in [0.1, 0.15) is 0 Å². The van der Waals surface area contributed by atoms with Crippen molar-refractivity contribution in [2.75, 3.05) is 10.0 Å². The number of sulfonamides is 1. The van der Waals surface area contributed by atoms with Crippen molar-refractivity contribution in [1.82, 2.24) is 0 Å². The van der Waals surface area contributed by atoms with E-state index in [0.29, 0.717) is 15.7 Å². The maximum Gasteiger partial charge on any atom is 0.261 e. The molecule has 150 valence electrons. The number of amides is 1. The molecule has 0 atom stereocenters. The van der Waals surface area contributed by atoms with E-state index in [1.54, 1.807) is 0 Å². The lowest BCUT2D eigenvalue weighted by molar-refractivity contribution is -0.115. The molecule has 0 unspecified atom stereocenters. The Hall–Kier alpha value is -2.54. The van der Waals surface area contributed by atoms with Crippen LogP contribution in [0.5, 0.6) is 0 Å². The smallest absolute Gasteiger partial charge is 0.261 e. The molecule has 0 aliphatic rings. The van der Waals surface area contributed by atoms with E-state index < -0.39 is 10.0 Å². The second-order valence-corrected chi connectivity index (χ2v) is 9.05. The number of halogens is 2. The van der Waals surface area contributed by atoms with Gasteiger partial charge >= 0.3 is 0 Å². The van der Waals surface area contributed by atoms with Crippen LogP contribution in [0.15, 0.2) is 71.6 Å². The molecule has 5 nitrogen and oxygen atoms in total. The van der Waals surface area contributed by atoms with Gasteiger partial charge < -0.3 is 5.32 Å². The SMILES string of the molecule is Cc1ccc(CC(=O)Nc2ccc(S(=O)(=O)Nc3cc(Cl)cc(Cl)c3)cc2)cc1. The van der Waals surface area contributed by atoms with Crippen LogP contribution in [-0.2, 0) is 21.2 Å². The Morgan fingerprint density at radius 1 is 0.862 bits per heavy atom. The lowest BCUT2D eigenvalue weighted by Gasteiger charge is -2.10. The van der Waals surface area contributed by atoms with E-state index in [1.807, 2.05) is 31.2 Å². The zero-order chi connectivity index (χ0) is 21.0. The molecule has 0 spiro atoms. The predicted octanol–water partition coefficient (Wildman–Crippen LogP) is 5.28. The first-order valence-corrected chi connectivity index (χ1v) is 10.9. The summed E-state index contributed by atoms with van der Waals surface area (Å²) >= 11 is 11.8. The van der Waals surface area contributed by atoms with Crippen molar-refractivity contribution in [2.24, 2.45) is 0 Å². The van der Waals surface area contributed by atoms with Gasteiger partial charge in [-0.2, -0.15) is 0 Å². The van der Waals surface area contributed by atoms with Gasteiger partial charge in [0.25, 0.3) is 10.0 Å². The van der Waals surface area contributed by atoms with Crippen LogP contribution in [-0.4, -0.2) is 14.3 Å². The van der Waals surface area contributed by atoms with Gasteiger partial charge in [-0.1, -0.05) is 53.0 Å². The largest absolute Gasteiger partial charge is 0.326 e. The number of nitrogens with one attached hydrogen (secondary N) is 2. The molecule has 3 aromatic rings. The molecular weight excluding hydrogens is 431 g/mol. The fourth-order valence-corrected chi connectivity index (χ4v) is 4.21. The average molecular weight is 449 g/mol. The Morgan fingerprint density at radius 3 is 2.03 bits per heavy atom. The molecule has 2 N–H and O–H groups in total. The maximum absolute atomic E-state index is 12.5. The molecule has 0 saturated carbocycles. The van der Waals surface area contributed by atoms with E-state index in [9.17, 15) is 13.2 Å². The van der Waals surface area contributed by atoms with E-state index in [0.717, 1.165) is 11.1 Å². The number of aryl methyl sites for hydroxylation is 1. The summed E-state index contributed by atoms with van der Waals surface area (Å²) in [6, 6.07) is 18.0. The number of anilines is 2. The van der Waals surface area contributed by atoms with Crippen LogP contribution in [0.2, 0.25) is 10.0 Å². The summed E-state index contributed by atoms with van der Waals surface area (Å²) in [6.07, 6.45) is 0.234. The maximum atomic E-state index is 12.5. The standard InChI is InChI=1S/C21H18Cl2N2O3S/c1-14-2-4-15(5-3-14)10-21(26)24-18-6-8-20(9-7-18)29(27,28)25-19-12-16(22)11-17(23)13-19/h2-9,11-13,25H,10H2,1H3,(H,24,26). The van der Waals surface area contributed by atoms with Gasteiger partial charge in [-0.3, -0.25) is 9.52 Å². The number of carbonyl (C=O) groups is 1. The van der Waals surface area contributed by atoms with Crippen LogP contribution in [0.1, 0.15) is 11.1 Å². The van der Waals surface area contributed by atoms with Crippen LogP contribution in [0.4, 0.5) is 11.4 Å². The van der Waals surface area contributed by atoms with Gasteiger partial charge in [-0.15, -0.1) is 0 Å². The van der Waals surface area contributed by atoms with Crippen molar-refractivity contribution in [3.05, 3.63) is 87.9 Å². The third-order valence-corrected chi connectivity index (χ3v) is 5.88. The van der Waals surface area contributed by atoms with Crippen LogP contribution in [0.3, 0.4) is 0 Å². The second-order valence-electron chi connectivity index (χ2n) is 6.50. The number of rotatable bonds is 6. The van der Waals surface area contributed by atoms with E-state index in [2.05, 4.69) is 10.0 Å². The summed E-state index contributed by atoms with van der Waals surface area (Å²) in [5.41, 5.74) is 2.79. The molecule has 0 heterocycles. The number of hydrogen-bond acceptors (Lipinski definition) is 3. The highest BCUT2D eigenvalue weighted by Gasteiger charge is 2.15. The molecule has 0 fully saturated rings. The highest BCUT2D eigenvalue weighted by Crippen LogP contribution is 2.25. The molecule has 0 aliphatic carbocycles. The summed E-state index contributed by atoms with van der Waals surface area (Å²) in [5.74, 6) is -0.184. The Bertz CT molecular complexity index is 1110. The lowest BCUT2D eigenvalue weighted by Crippen LogP contribution is -2.15. The second kappa shape index (κ2) is 8.86. The normalized spacial score (nSPS) is 11.1. The van der Waals surface area contributed by atoms with Crippen LogP contribution in [0, 0.1) is 6.92 Å². The minimum absolute atomic E-state index is 0.0464. The van der Waals surface area contributed by atoms with E-state index in [4.69, 9.17) is 23.2 Å². The van der Waals surface area contributed by atoms with Gasteiger partial charge in [0.15, 0.2) is 0 Å². The number of hydrogen-bond donors (Lipinski definition) is 2. The van der Waals surface area contributed by atoms with Crippen molar-refractivity contribution < 1.29 is 13.2 Å². The molecule has 0 aliphatic heterocycles. The summed E-state index contributed by atoms with van der Waals surface area (Å²) in [4.78, 5) is 12.2. The van der Waals surface area contributed by atoms with Crippen molar-refractivity contribution in [3.63, 3.8) is 0 Å². The molecule has 0 bridgehead atoms. The van der Waals surface area contributed by atoms with E-state index in [-0.39, 0.29) is 22.9 Å². The van der Waals surface area contributed by atoms with Gasteiger partial charge in [0.2, 0.25) is 5.91 Å². The Labute approximate surface area is 179 Å². The van der Waals surface area contributed by atoms with Crippen molar-refractivity contribution in [2.45, 2.75) is 18.2 Å². The zero-order valence-corrected chi connectivity index (χ0v) is 17.8. The minimum atomic E-state index is -3.82. The molecule has 3 rings (SSSR count). The van der Waals surface area contributed by atoms with Gasteiger partial charge in [-0.25, -0.2) is 8.42 Å². The summed E-state index contributed by atoms with van der Waals surface area (Å²) in [6.45, 7) is 1.98. The molecule has 1 amide bonds. The molecule has 8 heteroatoms. The van der Waals surface area contributed by atoms with Gasteiger partial charge in [-0.05, 0) is 55.0 Å². The fraction of sp³-hybridized carbons (Fsp3) is 0.0952. The summed E-state index contributed by atoms with van der Waals surface area (Å²) in [5, 5.41) is 3.40. The van der Waals surface area contributed by atoms with E-state index in [1.165, 1.54) is 42.5 Å². The predicted molar refractivity (Wildman–Crippen MR) is 117 cm³/mol. The molecule has 0 saturated heterocycles. The Balaban J connectivity index is 1.67. The molecule has 0 radical (unpaired) electrons.